The Bertz CT molecular complexity index is 434. The van der Waals surface area contributed by atoms with Gasteiger partial charge in [0.15, 0.2) is 0 Å². The molecule has 0 aromatic carbocycles. The molecule has 2 atom stereocenters. The van der Waals surface area contributed by atoms with Gasteiger partial charge in [0.05, 0.1) is 18.3 Å². The number of nitrogens with zero attached hydrogens (tertiary/aromatic N) is 2. The van der Waals surface area contributed by atoms with E-state index in [1.165, 1.54) is 5.56 Å². The van der Waals surface area contributed by atoms with Gasteiger partial charge < -0.3 is 21.1 Å². The van der Waals surface area contributed by atoms with Crippen molar-refractivity contribution in [1.82, 2.24) is 25.7 Å². The summed E-state index contributed by atoms with van der Waals surface area (Å²) in [7, 11) is 1.89. The zero-order valence-corrected chi connectivity index (χ0v) is 11.8. The maximum Gasteiger partial charge on any atom is 0.315 e. The van der Waals surface area contributed by atoms with Gasteiger partial charge in [-0.3, -0.25) is 4.68 Å². The highest BCUT2D eigenvalue weighted by Crippen LogP contribution is 2.03. The van der Waals surface area contributed by atoms with E-state index in [9.17, 15) is 9.90 Å². The van der Waals surface area contributed by atoms with Gasteiger partial charge in [0.1, 0.15) is 0 Å². The molecule has 0 bridgehead atoms. The van der Waals surface area contributed by atoms with Crippen molar-refractivity contribution in [2.24, 2.45) is 7.05 Å². The van der Waals surface area contributed by atoms with Crippen molar-refractivity contribution in [3.63, 3.8) is 0 Å². The fourth-order valence-electron chi connectivity index (χ4n) is 2.33. The van der Waals surface area contributed by atoms with Crippen molar-refractivity contribution in [1.29, 1.82) is 0 Å². The Hall–Kier alpha value is -1.60. The molecule has 2 amide bonds. The second-order valence-electron chi connectivity index (χ2n) is 5.19. The number of aliphatic hydroxyl groups is 1. The number of urea groups is 1. The molecule has 7 nitrogen and oxygen atoms in total. The molecule has 1 aliphatic heterocycles. The van der Waals surface area contributed by atoms with E-state index in [4.69, 9.17) is 0 Å². The van der Waals surface area contributed by atoms with Crippen molar-refractivity contribution in [3.05, 3.63) is 18.0 Å². The van der Waals surface area contributed by atoms with Gasteiger partial charge in [-0.1, -0.05) is 0 Å². The molecule has 0 spiro atoms. The summed E-state index contributed by atoms with van der Waals surface area (Å²) in [6.07, 6.45) is 5.82. The molecule has 0 unspecified atom stereocenters. The fraction of sp³-hybridized carbons (Fsp3) is 0.692. The summed E-state index contributed by atoms with van der Waals surface area (Å²) < 4.78 is 1.77. The van der Waals surface area contributed by atoms with E-state index >= 15 is 0 Å². The number of hydrogen-bond donors (Lipinski definition) is 4. The monoisotopic (exact) mass is 281 g/mol. The predicted octanol–water partition coefficient (Wildman–Crippen LogP) is -0.625. The van der Waals surface area contributed by atoms with Crippen LogP contribution in [-0.2, 0) is 13.5 Å². The largest absolute Gasteiger partial charge is 0.390 e. The van der Waals surface area contributed by atoms with Gasteiger partial charge in [-0.05, 0) is 31.4 Å². The highest BCUT2D eigenvalue weighted by molar-refractivity contribution is 5.74. The maximum atomic E-state index is 11.7. The smallest absolute Gasteiger partial charge is 0.315 e. The minimum absolute atomic E-state index is 0.158. The van der Waals surface area contributed by atoms with E-state index in [1.807, 2.05) is 19.4 Å². The SMILES string of the molecule is Cn1cc(CCCNC(=O)N[C@@H]2CCNC[C@H]2O)cn1. The minimum atomic E-state index is -0.509. The van der Waals surface area contributed by atoms with E-state index < -0.39 is 6.10 Å². The molecular weight excluding hydrogens is 258 g/mol. The molecule has 1 aromatic heterocycles. The summed E-state index contributed by atoms with van der Waals surface area (Å²) in [5, 5.41) is 22.5. The summed E-state index contributed by atoms with van der Waals surface area (Å²) in [5.74, 6) is 0. The van der Waals surface area contributed by atoms with Crippen LogP contribution in [0.25, 0.3) is 0 Å². The molecule has 112 valence electrons. The van der Waals surface area contributed by atoms with Crippen LogP contribution in [0.15, 0.2) is 12.4 Å². The van der Waals surface area contributed by atoms with E-state index in [0.717, 1.165) is 25.8 Å². The van der Waals surface area contributed by atoms with Crippen LogP contribution in [0, 0.1) is 0 Å². The van der Waals surface area contributed by atoms with E-state index in [2.05, 4.69) is 21.0 Å². The summed E-state index contributed by atoms with van der Waals surface area (Å²) in [5.41, 5.74) is 1.17. The number of carbonyl (C=O) groups excluding carboxylic acids is 1. The van der Waals surface area contributed by atoms with Gasteiger partial charge in [0.2, 0.25) is 0 Å². The summed E-state index contributed by atoms with van der Waals surface area (Å²) in [4.78, 5) is 11.7. The van der Waals surface area contributed by atoms with Gasteiger partial charge in [-0.2, -0.15) is 5.10 Å². The molecule has 2 rings (SSSR count). The number of aliphatic hydroxyl groups excluding tert-OH is 1. The van der Waals surface area contributed by atoms with Gasteiger partial charge in [-0.25, -0.2) is 4.79 Å². The third-order valence-electron chi connectivity index (χ3n) is 3.45. The molecule has 2 heterocycles. The Labute approximate surface area is 118 Å². The average Bonchev–Trinajstić information content (AvgIpc) is 2.83. The number of carbonyl (C=O) groups is 1. The number of aryl methyl sites for hydroxylation is 2. The number of piperidine rings is 1. The zero-order chi connectivity index (χ0) is 14.4. The Morgan fingerprint density at radius 2 is 2.50 bits per heavy atom. The molecule has 20 heavy (non-hydrogen) atoms. The molecule has 4 N–H and O–H groups in total. The van der Waals surface area contributed by atoms with Crippen molar-refractivity contribution in [2.75, 3.05) is 19.6 Å². The topological polar surface area (TPSA) is 91.2 Å². The zero-order valence-electron chi connectivity index (χ0n) is 11.8. The van der Waals surface area contributed by atoms with Gasteiger partial charge >= 0.3 is 6.03 Å². The standard InChI is InChI=1S/C13H23N5O2/c1-18-9-10(7-16-18)3-2-5-15-13(20)17-11-4-6-14-8-12(11)19/h7,9,11-12,14,19H,2-6,8H2,1H3,(H2,15,17,20)/t11-,12-/m1/s1. The van der Waals surface area contributed by atoms with Crippen LogP contribution in [0.3, 0.4) is 0 Å². The van der Waals surface area contributed by atoms with Crippen LogP contribution in [-0.4, -0.2) is 52.7 Å². The molecular formula is C13H23N5O2. The number of amides is 2. The van der Waals surface area contributed by atoms with E-state index in [-0.39, 0.29) is 12.1 Å². The number of nitrogens with one attached hydrogen (secondary N) is 3. The molecule has 1 fully saturated rings. The third kappa shape index (κ3) is 4.50. The molecule has 0 saturated carbocycles. The van der Waals surface area contributed by atoms with E-state index in [1.54, 1.807) is 4.68 Å². The van der Waals surface area contributed by atoms with Crippen LogP contribution in [0.5, 0.6) is 0 Å². The van der Waals surface area contributed by atoms with Crippen molar-refractivity contribution < 1.29 is 9.90 Å². The van der Waals surface area contributed by atoms with Crippen LogP contribution < -0.4 is 16.0 Å². The Morgan fingerprint density at radius 1 is 1.65 bits per heavy atom. The van der Waals surface area contributed by atoms with Gasteiger partial charge in [-0.15, -0.1) is 0 Å². The van der Waals surface area contributed by atoms with Crippen molar-refractivity contribution in [3.8, 4) is 0 Å². The molecule has 7 heteroatoms. The highest BCUT2D eigenvalue weighted by Gasteiger charge is 2.23. The number of rotatable bonds is 5. The fourth-order valence-corrected chi connectivity index (χ4v) is 2.33. The minimum Gasteiger partial charge on any atom is -0.390 e. The lowest BCUT2D eigenvalue weighted by Crippen LogP contribution is -2.54. The van der Waals surface area contributed by atoms with Crippen LogP contribution in [0.2, 0.25) is 0 Å². The molecule has 0 aliphatic carbocycles. The molecule has 1 saturated heterocycles. The number of hydrogen-bond acceptors (Lipinski definition) is 4. The van der Waals surface area contributed by atoms with Crippen LogP contribution in [0.4, 0.5) is 4.79 Å². The Kier molecular flexibility index (Phi) is 5.37. The Morgan fingerprint density at radius 3 is 3.20 bits per heavy atom. The lowest BCUT2D eigenvalue weighted by Gasteiger charge is -2.29. The first-order valence-electron chi connectivity index (χ1n) is 7.06. The number of aromatic nitrogens is 2. The summed E-state index contributed by atoms with van der Waals surface area (Å²) in [6, 6.07) is -0.364. The lowest BCUT2D eigenvalue weighted by atomic mass is 10.0. The average molecular weight is 281 g/mol. The Balaban J connectivity index is 1.60. The lowest BCUT2D eigenvalue weighted by molar-refractivity contribution is 0.106. The number of β-amino-alcohol motifs (C(OH)–C–C–N with tert-alkyl or cyclic N) is 1. The first kappa shape index (κ1) is 14.8. The third-order valence-corrected chi connectivity index (χ3v) is 3.45. The summed E-state index contributed by atoms with van der Waals surface area (Å²) in [6.45, 7) is 1.97. The maximum absolute atomic E-state index is 11.7. The van der Waals surface area contributed by atoms with Crippen LogP contribution >= 0.6 is 0 Å². The van der Waals surface area contributed by atoms with Crippen molar-refractivity contribution >= 4 is 6.03 Å². The first-order chi connectivity index (χ1) is 9.65. The van der Waals surface area contributed by atoms with Crippen molar-refractivity contribution in [2.45, 2.75) is 31.4 Å². The second kappa shape index (κ2) is 7.25. The van der Waals surface area contributed by atoms with Gasteiger partial charge in [0.25, 0.3) is 0 Å². The quantitative estimate of drug-likeness (QED) is 0.541. The molecule has 0 radical (unpaired) electrons. The predicted molar refractivity (Wildman–Crippen MR) is 75.3 cm³/mol. The second-order valence-corrected chi connectivity index (χ2v) is 5.19. The van der Waals surface area contributed by atoms with Crippen LogP contribution in [0.1, 0.15) is 18.4 Å². The normalized spacial score (nSPS) is 22.5. The molecule has 1 aromatic rings. The van der Waals surface area contributed by atoms with E-state index in [0.29, 0.717) is 13.1 Å². The first-order valence-corrected chi connectivity index (χ1v) is 7.06. The van der Waals surface area contributed by atoms with Gasteiger partial charge in [0, 0.05) is 26.3 Å². The molecule has 1 aliphatic rings. The summed E-state index contributed by atoms with van der Waals surface area (Å²) >= 11 is 0. The highest BCUT2D eigenvalue weighted by atomic mass is 16.3.